The van der Waals surface area contributed by atoms with E-state index in [-0.39, 0.29) is 22.3 Å². The molecule has 3 atom stereocenters. The Labute approximate surface area is 170 Å². The fourth-order valence-electron chi connectivity index (χ4n) is 7.65. The molecule has 152 valence electrons. The van der Waals surface area contributed by atoms with E-state index in [2.05, 4.69) is 56.0 Å². The van der Waals surface area contributed by atoms with Crippen LogP contribution in [0.3, 0.4) is 0 Å². The Morgan fingerprint density at radius 2 is 1.71 bits per heavy atom. The fourth-order valence-corrected chi connectivity index (χ4v) is 7.65. The van der Waals surface area contributed by atoms with Crippen molar-refractivity contribution in [3.05, 3.63) is 35.9 Å². The molecule has 5 aliphatic rings. The smallest absolute Gasteiger partial charge is 0.228 e. The summed E-state index contributed by atoms with van der Waals surface area (Å²) in [5, 5.41) is 0. The van der Waals surface area contributed by atoms with Crippen molar-refractivity contribution in [3.63, 3.8) is 0 Å². The number of amides is 1. The summed E-state index contributed by atoms with van der Waals surface area (Å²) in [6.07, 6.45) is 6.77. The van der Waals surface area contributed by atoms with Gasteiger partial charge in [-0.1, -0.05) is 51.1 Å². The highest BCUT2D eigenvalue weighted by atomic mass is 16.2. The number of likely N-dealkylation sites (tertiary alicyclic amines) is 1. The van der Waals surface area contributed by atoms with Crippen molar-refractivity contribution in [2.75, 3.05) is 13.1 Å². The molecule has 0 aromatic heterocycles. The molecular formula is C25H36N2O. The summed E-state index contributed by atoms with van der Waals surface area (Å²) in [5.74, 6) is 2.62. The molecule has 1 saturated heterocycles. The lowest BCUT2D eigenvalue weighted by atomic mass is 9.40. The van der Waals surface area contributed by atoms with E-state index in [4.69, 9.17) is 5.73 Å². The molecule has 1 heterocycles. The average Bonchev–Trinajstić information content (AvgIpc) is 2.67. The van der Waals surface area contributed by atoms with Gasteiger partial charge in [-0.3, -0.25) is 4.79 Å². The molecule has 28 heavy (non-hydrogen) atoms. The number of hydrogen-bond donors (Lipinski definition) is 1. The van der Waals surface area contributed by atoms with E-state index in [1.165, 1.54) is 18.4 Å². The van der Waals surface area contributed by atoms with Crippen molar-refractivity contribution in [3.8, 4) is 0 Å². The standard InChI is InChI=1S/C25H36N2O/c1-17-18-11-24(20-7-5-4-6-8-20)12-19(17)14-25(13-18,15-24)22(28)27-10-9-21(26)23(2,3)16-27/h4-8,17-19,21H,9-16,26H2,1-3H3/t17?,18?,19?,21-,24?,25?/m0/s1. The Bertz CT molecular complexity index is 754. The maximum Gasteiger partial charge on any atom is 0.228 e. The van der Waals surface area contributed by atoms with Gasteiger partial charge >= 0.3 is 0 Å². The first kappa shape index (κ1) is 18.7. The lowest BCUT2D eigenvalue weighted by Gasteiger charge is -2.64. The van der Waals surface area contributed by atoms with Gasteiger partial charge in [0.25, 0.3) is 0 Å². The number of carbonyl (C=O) groups is 1. The van der Waals surface area contributed by atoms with Gasteiger partial charge in [0, 0.05) is 19.1 Å². The van der Waals surface area contributed by atoms with Crippen LogP contribution in [-0.2, 0) is 10.2 Å². The number of carbonyl (C=O) groups excluding carboxylic acids is 1. The lowest BCUT2D eigenvalue weighted by molar-refractivity contribution is -0.169. The zero-order chi connectivity index (χ0) is 19.7. The Morgan fingerprint density at radius 1 is 1.07 bits per heavy atom. The van der Waals surface area contributed by atoms with Gasteiger partial charge in [0.2, 0.25) is 5.91 Å². The molecule has 3 nitrogen and oxygen atoms in total. The van der Waals surface area contributed by atoms with Crippen LogP contribution in [0, 0.1) is 28.6 Å². The van der Waals surface area contributed by atoms with Crippen molar-refractivity contribution in [2.24, 2.45) is 34.3 Å². The van der Waals surface area contributed by atoms with E-state index in [0.29, 0.717) is 17.7 Å². The minimum atomic E-state index is -0.133. The number of nitrogens with zero attached hydrogens (tertiary/aromatic N) is 1. The van der Waals surface area contributed by atoms with E-state index in [1.54, 1.807) is 0 Å². The third-order valence-electron chi connectivity index (χ3n) is 9.21. The molecule has 1 amide bonds. The number of benzene rings is 1. The summed E-state index contributed by atoms with van der Waals surface area (Å²) in [4.78, 5) is 16.2. The van der Waals surface area contributed by atoms with Crippen molar-refractivity contribution >= 4 is 5.91 Å². The first-order valence-electron chi connectivity index (χ1n) is 11.4. The highest BCUT2D eigenvalue weighted by Gasteiger charge is 2.63. The van der Waals surface area contributed by atoms with Crippen molar-refractivity contribution in [2.45, 2.75) is 70.8 Å². The first-order chi connectivity index (χ1) is 13.2. The number of nitrogens with two attached hydrogens (primary N) is 1. The largest absolute Gasteiger partial charge is 0.342 e. The van der Waals surface area contributed by atoms with Crippen molar-refractivity contribution in [1.82, 2.24) is 4.90 Å². The van der Waals surface area contributed by atoms with Gasteiger partial charge in [-0.2, -0.15) is 0 Å². The van der Waals surface area contributed by atoms with Gasteiger partial charge < -0.3 is 10.6 Å². The van der Waals surface area contributed by atoms with Gasteiger partial charge in [0.1, 0.15) is 0 Å². The Hall–Kier alpha value is -1.35. The monoisotopic (exact) mass is 380 g/mol. The molecule has 2 N–H and O–H groups in total. The van der Waals surface area contributed by atoms with Crippen LogP contribution in [-0.4, -0.2) is 29.9 Å². The number of hydrogen-bond acceptors (Lipinski definition) is 2. The molecule has 1 aromatic carbocycles. The minimum absolute atomic E-state index is 0.0145. The van der Waals surface area contributed by atoms with Crippen LogP contribution in [0.1, 0.15) is 64.9 Å². The predicted octanol–water partition coefficient (Wildman–Crippen LogP) is 4.36. The van der Waals surface area contributed by atoms with Crippen molar-refractivity contribution < 1.29 is 4.79 Å². The Morgan fingerprint density at radius 3 is 2.32 bits per heavy atom. The number of piperidine rings is 1. The normalized spacial score (nSPS) is 43.9. The van der Waals surface area contributed by atoms with E-state index in [9.17, 15) is 4.79 Å². The van der Waals surface area contributed by atoms with E-state index in [0.717, 1.165) is 44.7 Å². The molecular weight excluding hydrogens is 344 g/mol. The second-order valence-electron chi connectivity index (χ2n) is 11.4. The maximum atomic E-state index is 14.0. The molecule has 6 rings (SSSR count). The summed E-state index contributed by atoms with van der Waals surface area (Å²) in [6.45, 7) is 8.56. The SMILES string of the molecule is CC1C2CC3(C(=O)N4CC[C@H](N)C(C)(C)C4)CC1CC(c1ccccc1)(C2)C3. The van der Waals surface area contributed by atoms with E-state index >= 15 is 0 Å². The van der Waals surface area contributed by atoms with Gasteiger partial charge in [0.05, 0.1) is 5.41 Å². The Balaban J connectivity index is 1.49. The van der Waals surface area contributed by atoms with Gasteiger partial charge in [0.15, 0.2) is 0 Å². The topological polar surface area (TPSA) is 46.3 Å². The highest BCUT2D eigenvalue weighted by Crippen LogP contribution is 2.67. The van der Waals surface area contributed by atoms with Crippen LogP contribution in [0.25, 0.3) is 0 Å². The third-order valence-corrected chi connectivity index (χ3v) is 9.21. The van der Waals surface area contributed by atoms with Crippen molar-refractivity contribution in [1.29, 1.82) is 0 Å². The molecule has 4 aliphatic carbocycles. The quantitative estimate of drug-likeness (QED) is 0.829. The number of rotatable bonds is 2. The molecule has 0 radical (unpaired) electrons. The summed E-state index contributed by atoms with van der Waals surface area (Å²) in [7, 11) is 0. The molecule has 5 fully saturated rings. The fraction of sp³-hybridized carbons (Fsp3) is 0.720. The average molecular weight is 381 g/mol. The van der Waals surface area contributed by atoms with Crippen LogP contribution in [0.5, 0.6) is 0 Å². The third kappa shape index (κ3) is 2.61. The molecule has 2 unspecified atom stereocenters. The molecule has 4 saturated carbocycles. The minimum Gasteiger partial charge on any atom is -0.342 e. The van der Waals surface area contributed by atoms with E-state index in [1.807, 2.05) is 0 Å². The van der Waals surface area contributed by atoms with Crippen LogP contribution in [0.15, 0.2) is 30.3 Å². The first-order valence-corrected chi connectivity index (χ1v) is 11.4. The predicted molar refractivity (Wildman–Crippen MR) is 113 cm³/mol. The lowest BCUT2D eigenvalue weighted by Crippen LogP contribution is -2.64. The Kier molecular flexibility index (Phi) is 4.05. The molecule has 3 heteroatoms. The van der Waals surface area contributed by atoms with Crippen LogP contribution in [0.2, 0.25) is 0 Å². The molecule has 4 bridgehead atoms. The summed E-state index contributed by atoms with van der Waals surface area (Å²) in [5.41, 5.74) is 7.94. The zero-order valence-corrected chi connectivity index (χ0v) is 17.8. The van der Waals surface area contributed by atoms with Gasteiger partial charge in [-0.15, -0.1) is 0 Å². The zero-order valence-electron chi connectivity index (χ0n) is 17.8. The highest BCUT2D eigenvalue weighted by molar-refractivity contribution is 5.84. The van der Waals surface area contributed by atoms with Gasteiger partial charge in [-0.25, -0.2) is 0 Å². The van der Waals surface area contributed by atoms with Gasteiger partial charge in [-0.05, 0) is 72.7 Å². The summed E-state index contributed by atoms with van der Waals surface area (Å²) >= 11 is 0. The second-order valence-corrected chi connectivity index (χ2v) is 11.4. The van der Waals surface area contributed by atoms with E-state index < -0.39 is 0 Å². The van der Waals surface area contributed by atoms with Crippen LogP contribution >= 0.6 is 0 Å². The molecule has 1 aromatic rings. The van der Waals surface area contributed by atoms with Crippen LogP contribution < -0.4 is 5.73 Å². The molecule has 0 spiro atoms. The summed E-state index contributed by atoms with van der Waals surface area (Å²) in [6, 6.07) is 11.3. The van der Waals surface area contributed by atoms with Crippen LogP contribution in [0.4, 0.5) is 0 Å². The summed E-state index contributed by atoms with van der Waals surface area (Å²) < 4.78 is 0. The second kappa shape index (κ2) is 6.08. The molecule has 1 aliphatic heterocycles. The maximum absolute atomic E-state index is 14.0.